The molecule has 1 unspecified atom stereocenters. The highest BCUT2D eigenvalue weighted by Crippen LogP contribution is 2.19. The van der Waals surface area contributed by atoms with Crippen LogP contribution in [0.25, 0.3) is 0 Å². The number of thiazole rings is 1. The van der Waals surface area contributed by atoms with Gasteiger partial charge in [-0.25, -0.2) is 4.98 Å². The van der Waals surface area contributed by atoms with Crippen molar-refractivity contribution in [3.63, 3.8) is 0 Å². The maximum Gasteiger partial charge on any atom is 0.248 e. The Morgan fingerprint density at radius 3 is 3.16 bits per heavy atom. The summed E-state index contributed by atoms with van der Waals surface area (Å²) in [5.74, 6) is -0.294. The van der Waals surface area contributed by atoms with Gasteiger partial charge in [-0.15, -0.1) is 11.3 Å². The van der Waals surface area contributed by atoms with E-state index in [0.29, 0.717) is 18.2 Å². The van der Waals surface area contributed by atoms with Crippen LogP contribution in [-0.4, -0.2) is 48.5 Å². The molecule has 1 aromatic heterocycles. The van der Waals surface area contributed by atoms with E-state index < -0.39 is 0 Å². The van der Waals surface area contributed by atoms with Gasteiger partial charge in [-0.1, -0.05) is 0 Å². The van der Waals surface area contributed by atoms with E-state index in [4.69, 9.17) is 4.74 Å². The minimum atomic E-state index is -0.168. The SMILES string of the molecule is COCC(=O)N1CCCC(C(=O)Nc2nccs2)C1. The zero-order chi connectivity index (χ0) is 13.7. The summed E-state index contributed by atoms with van der Waals surface area (Å²) in [5.41, 5.74) is 0. The predicted molar refractivity (Wildman–Crippen MR) is 71.9 cm³/mol. The molecule has 1 aromatic rings. The van der Waals surface area contributed by atoms with Gasteiger partial charge in [0.2, 0.25) is 11.8 Å². The monoisotopic (exact) mass is 283 g/mol. The second-order valence-corrected chi connectivity index (χ2v) is 5.33. The van der Waals surface area contributed by atoms with Crippen LogP contribution in [0.15, 0.2) is 11.6 Å². The lowest BCUT2D eigenvalue weighted by Gasteiger charge is -2.31. The number of piperidine rings is 1. The van der Waals surface area contributed by atoms with E-state index in [1.165, 1.54) is 18.4 Å². The van der Waals surface area contributed by atoms with Crippen LogP contribution >= 0.6 is 11.3 Å². The summed E-state index contributed by atoms with van der Waals surface area (Å²) in [4.78, 5) is 29.5. The summed E-state index contributed by atoms with van der Waals surface area (Å²) in [7, 11) is 1.49. The van der Waals surface area contributed by atoms with Crippen molar-refractivity contribution in [1.82, 2.24) is 9.88 Å². The second-order valence-electron chi connectivity index (χ2n) is 4.44. The van der Waals surface area contributed by atoms with Crippen LogP contribution in [-0.2, 0) is 14.3 Å². The van der Waals surface area contributed by atoms with Crippen molar-refractivity contribution in [2.45, 2.75) is 12.8 Å². The number of carbonyl (C=O) groups excluding carboxylic acids is 2. The Labute approximate surface area is 115 Å². The van der Waals surface area contributed by atoms with Gasteiger partial charge in [0, 0.05) is 31.8 Å². The van der Waals surface area contributed by atoms with Crippen LogP contribution in [0.2, 0.25) is 0 Å². The molecule has 1 fully saturated rings. The van der Waals surface area contributed by atoms with Gasteiger partial charge in [0.25, 0.3) is 0 Å². The molecule has 0 aliphatic carbocycles. The number of methoxy groups -OCH3 is 1. The third kappa shape index (κ3) is 3.74. The zero-order valence-corrected chi connectivity index (χ0v) is 11.6. The fraction of sp³-hybridized carbons (Fsp3) is 0.583. The minimum Gasteiger partial charge on any atom is -0.375 e. The maximum atomic E-state index is 12.1. The Bertz CT molecular complexity index is 435. The van der Waals surface area contributed by atoms with Gasteiger partial charge >= 0.3 is 0 Å². The number of hydrogen-bond donors (Lipinski definition) is 1. The van der Waals surface area contributed by atoms with Crippen molar-refractivity contribution in [3.05, 3.63) is 11.6 Å². The number of amides is 2. The third-order valence-corrected chi connectivity index (χ3v) is 3.76. The van der Waals surface area contributed by atoms with Gasteiger partial charge in [-0.2, -0.15) is 0 Å². The molecule has 19 heavy (non-hydrogen) atoms. The molecule has 0 aromatic carbocycles. The smallest absolute Gasteiger partial charge is 0.248 e. The molecule has 104 valence electrons. The van der Waals surface area contributed by atoms with E-state index in [9.17, 15) is 9.59 Å². The molecule has 0 bridgehead atoms. The van der Waals surface area contributed by atoms with E-state index >= 15 is 0 Å². The molecule has 0 spiro atoms. The Morgan fingerprint density at radius 2 is 2.47 bits per heavy atom. The first-order valence-electron chi connectivity index (χ1n) is 6.17. The molecule has 1 aliphatic heterocycles. The van der Waals surface area contributed by atoms with Gasteiger partial charge in [0.1, 0.15) is 6.61 Å². The molecule has 0 saturated carbocycles. The van der Waals surface area contributed by atoms with E-state index in [2.05, 4.69) is 10.3 Å². The van der Waals surface area contributed by atoms with Crippen LogP contribution in [0.4, 0.5) is 5.13 Å². The maximum absolute atomic E-state index is 12.1. The average Bonchev–Trinajstić information content (AvgIpc) is 2.92. The molecule has 6 nitrogen and oxygen atoms in total. The second kappa shape index (κ2) is 6.63. The lowest BCUT2D eigenvalue weighted by molar-refractivity contribution is -0.138. The van der Waals surface area contributed by atoms with Crippen molar-refractivity contribution in [3.8, 4) is 0 Å². The summed E-state index contributed by atoms with van der Waals surface area (Å²) >= 11 is 1.39. The van der Waals surface area contributed by atoms with Crippen molar-refractivity contribution in [1.29, 1.82) is 0 Å². The average molecular weight is 283 g/mol. The van der Waals surface area contributed by atoms with E-state index in [1.54, 1.807) is 11.1 Å². The van der Waals surface area contributed by atoms with Crippen LogP contribution < -0.4 is 5.32 Å². The number of likely N-dealkylation sites (tertiary alicyclic amines) is 1. The largest absolute Gasteiger partial charge is 0.375 e. The van der Waals surface area contributed by atoms with E-state index in [1.807, 2.05) is 5.38 Å². The first-order valence-corrected chi connectivity index (χ1v) is 7.05. The summed E-state index contributed by atoms with van der Waals surface area (Å²) in [6.45, 7) is 1.23. The van der Waals surface area contributed by atoms with Gasteiger partial charge in [-0.05, 0) is 12.8 Å². The molecule has 0 radical (unpaired) electrons. The minimum absolute atomic E-state index is 0.0609. The Morgan fingerprint density at radius 1 is 1.63 bits per heavy atom. The molecular formula is C12H17N3O3S. The first-order chi connectivity index (χ1) is 9.20. The number of anilines is 1. The summed E-state index contributed by atoms with van der Waals surface area (Å²) in [6, 6.07) is 0. The molecule has 1 N–H and O–H groups in total. The molecular weight excluding hydrogens is 266 g/mol. The number of nitrogens with one attached hydrogen (secondary N) is 1. The number of aromatic nitrogens is 1. The number of ether oxygens (including phenoxy) is 1. The Balaban J connectivity index is 1.89. The summed E-state index contributed by atoms with van der Waals surface area (Å²) in [5, 5.41) is 5.19. The highest BCUT2D eigenvalue weighted by Gasteiger charge is 2.28. The fourth-order valence-corrected chi connectivity index (χ4v) is 2.66. The Hall–Kier alpha value is -1.47. The van der Waals surface area contributed by atoms with Gasteiger partial charge in [0.15, 0.2) is 5.13 Å². The summed E-state index contributed by atoms with van der Waals surface area (Å²) in [6.07, 6.45) is 3.29. The topological polar surface area (TPSA) is 71.5 Å². The van der Waals surface area contributed by atoms with Crippen LogP contribution in [0, 0.1) is 5.92 Å². The fourth-order valence-electron chi connectivity index (χ4n) is 2.13. The number of carbonyl (C=O) groups is 2. The highest BCUT2D eigenvalue weighted by atomic mass is 32.1. The molecule has 1 aliphatic rings. The molecule has 1 saturated heterocycles. The lowest BCUT2D eigenvalue weighted by Crippen LogP contribution is -2.45. The Kier molecular flexibility index (Phi) is 4.86. The highest BCUT2D eigenvalue weighted by molar-refractivity contribution is 7.13. The zero-order valence-electron chi connectivity index (χ0n) is 10.8. The molecule has 7 heteroatoms. The number of nitrogens with zero attached hydrogens (tertiary/aromatic N) is 2. The molecule has 2 heterocycles. The van der Waals surface area contributed by atoms with E-state index in [0.717, 1.165) is 12.8 Å². The molecule has 2 rings (SSSR count). The third-order valence-electron chi connectivity index (χ3n) is 3.08. The van der Waals surface area contributed by atoms with Crippen LogP contribution in [0.1, 0.15) is 12.8 Å². The lowest BCUT2D eigenvalue weighted by atomic mass is 9.97. The van der Waals surface area contributed by atoms with Crippen molar-refractivity contribution < 1.29 is 14.3 Å². The summed E-state index contributed by atoms with van der Waals surface area (Å²) < 4.78 is 4.84. The number of hydrogen-bond acceptors (Lipinski definition) is 5. The van der Waals surface area contributed by atoms with Gasteiger partial charge in [-0.3, -0.25) is 9.59 Å². The molecule has 1 atom stereocenters. The first kappa shape index (κ1) is 14.0. The van der Waals surface area contributed by atoms with Crippen molar-refractivity contribution >= 4 is 28.3 Å². The van der Waals surface area contributed by atoms with E-state index in [-0.39, 0.29) is 24.3 Å². The van der Waals surface area contributed by atoms with Gasteiger partial charge < -0.3 is 15.0 Å². The quantitative estimate of drug-likeness (QED) is 0.893. The number of rotatable bonds is 4. The van der Waals surface area contributed by atoms with Crippen molar-refractivity contribution in [2.75, 3.05) is 32.1 Å². The standard InChI is InChI=1S/C12H17N3O3S/c1-18-8-10(16)15-5-2-3-9(7-15)11(17)14-12-13-4-6-19-12/h4,6,9H,2-3,5,7-8H2,1H3,(H,13,14,17). The van der Waals surface area contributed by atoms with Crippen LogP contribution in [0.3, 0.4) is 0 Å². The molecule has 2 amide bonds. The predicted octanol–water partition coefficient (Wildman–Crippen LogP) is 0.967. The van der Waals surface area contributed by atoms with Gasteiger partial charge in [0.05, 0.1) is 5.92 Å². The van der Waals surface area contributed by atoms with Crippen LogP contribution in [0.5, 0.6) is 0 Å². The normalized spacial score (nSPS) is 19.2. The van der Waals surface area contributed by atoms with Crippen molar-refractivity contribution in [2.24, 2.45) is 5.92 Å².